The molecule has 0 spiro atoms. The van der Waals surface area contributed by atoms with E-state index in [1.54, 1.807) is 12.1 Å². The van der Waals surface area contributed by atoms with Crippen molar-refractivity contribution in [3.05, 3.63) is 47.3 Å². The average molecular weight is 412 g/mol. The zero-order chi connectivity index (χ0) is 21.1. The number of fused-ring (bicyclic) bond motifs is 1. The summed E-state index contributed by atoms with van der Waals surface area (Å²) in [5.74, 6) is 0.892. The minimum absolute atomic E-state index is 0.153. The molecule has 3 heterocycles. The molecule has 1 aromatic carbocycles. The Balaban J connectivity index is 1.76. The van der Waals surface area contributed by atoms with Crippen LogP contribution in [0, 0.1) is 6.92 Å². The SMILES string of the molecule is CCOC(O)c1ccc2nc(NC3CCNCC3)n(Cc3nc(C)ccc3O)c2c1. The molecule has 8 heteroatoms. The molecule has 30 heavy (non-hydrogen) atoms. The molecule has 0 aliphatic carbocycles. The van der Waals surface area contributed by atoms with Gasteiger partial charge in [-0.2, -0.15) is 0 Å². The molecule has 1 fully saturated rings. The third-order valence-electron chi connectivity index (χ3n) is 5.45. The Hall–Kier alpha value is -2.68. The van der Waals surface area contributed by atoms with Crippen LogP contribution in [0.4, 0.5) is 5.95 Å². The van der Waals surface area contributed by atoms with Crippen molar-refractivity contribution in [2.45, 2.75) is 45.6 Å². The maximum atomic E-state index is 10.3. The number of anilines is 1. The van der Waals surface area contributed by atoms with Crippen molar-refractivity contribution in [2.75, 3.05) is 25.0 Å². The number of nitrogens with zero attached hydrogens (tertiary/aromatic N) is 3. The van der Waals surface area contributed by atoms with Crippen LogP contribution in [-0.4, -0.2) is 50.5 Å². The van der Waals surface area contributed by atoms with Crippen LogP contribution in [0.15, 0.2) is 30.3 Å². The summed E-state index contributed by atoms with van der Waals surface area (Å²) in [5.41, 5.74) is 3.75. The third-order valence-corrected chi connectivity index (χ3v) is 5.45. The Morgan fingerprint density at radius 1 is 1.23 bits per heavy atom. The highest BCUT2D eigenvalue weighted by Gasteiger charge is 2.20. The predicted octanol–water partition coefficient (Wildman–Crippen LogP) is 2.68. The standard InChI is InChI=1S/C22H29N5O3/c1-3-30-21(29)15-5-6-17-19(12-15)27(13-18-20(28)7-4-14(2)24-18)22(26-17)25-16-8-10-23-11-9-16/h4-7,12,16,21,23,28-29H,3,8-11,13H2,1-2H3,(H,25,26). The topological polar surface area (TPSA) is 104 Å². The number of piperidine rings is 1. The van der Waals surface area contributed by atoms with E-state index in [4.69, 9.17) is 9.72 Å². The monoisotopic (exact) mass is 411 g/mol. The van der Waals surface area contributed by atoms with Gasteiger partial charge in [-0.15, -0.1) is 0 Å². The summed E-state index contributed by atoms with van der Waals surface area (Å²) in [5, 5.41) is 27.6. The number of imidazole rings is 1. The average Bonchev–Trinajstić information content (AvgIpc) is 3.08. The van der Waals surface area contributed by atoms with E-state index in [1.165, 1.54) is 0 Å². The molecule has 0 saturated carbocycles. The smallest absolute Gasteiger partial charge is 0.204 e. The normalized spacial score (nSPS) is 16.1. The van der Waals surface area contributed by atoms with E-state index in [2.05, 4.69) is 15.6 Å². The van der Waals surface area contributed by atoms with Crippen molar-refractivity contribution in [3.63, 3.8) is 0 Å². The Bertz CT molecular complexity index is 1010. The lowest BCUT2D eigenvalue weighted by molar-refractivity contribution is -0.0979. The molecule has 1 atom stereocenters. The van der Waals surface area contributed by atoms with E-state index in [0.29, 0.717) is 30.5 Å². The number of pyridine rings is 1. The van der Waals surface area contributed by atoms with Gasteiger partial charge in [0.15, 0.2) is 6.29 Å². The largest absolute Gasteiger partial charge is 0.506 e. The molecule has 1 aliphatic rings. The van der Waals surface area contributed by atoms with Crippen LogP contribution in [0.5, 0.6) is 5.75 Å². The maximum Gasteiger partial charge on any atom is 0.204 e. The van der Waals surface area contributed by atoms with Gasteiger partial charge in [-0.1, -0.05) is 6.07 Å². The molecule has 1 saturated heterocycles. The molecule has 2 aromatic heterocycles. The second kappa shape index (κ2) is 8.99. The lowest BCUT2D eigenvalue weighted by atomic mass is 10.1. The highest BCUT2D eigenvalue weighted by Crippen LogP contribution is 2.28. The first-order valence-corrected chi connectivity index (χ1v) is 10.5. The molecule has 160 valence electrons. The van der Waals surface area contributed by atoms with Crippen LogP contribution in [0.2, 0.25) is 0 Å². The molecule has 8 nitrogen and oxygen atoms in total. The van der Waals surface area contributed by atoms with Gasteiger partial charge in [-0.3, -0.25) is 4.98 Å². The number of rotatable bonds is 7. The Labute approximate surface area is 175 Å². The van der Waals surface area contributed by atoms with Crippen molar-refractivity contribution < 1.29 is 14.9 Å². The van der Waals surface area contributed by atoms with Gasteiger partial charge in [-0.05, 0) is 64.0 Å². The minimum atomic E-state index is -0.992. The number of ether oxygens (including phenoxy) is 1. The van der Waals surface area contributed by atoms with Crippen molar-refractivity contribution in [1.29, 1.82) is 0 Å². The van der Waals surface area contributed by atoms with E-state index < -0.39 is 6.29 Å². The number of nitrogens with one attached hydrogen (secondary N) is 2. The lowest BCUT2D eigenvalue weighted by Gasteiger charge is -2.24. The van der Waals surface area contributed by atoms with Crippen LogP contribution in [-0.2, 0) is 11.3 Å². The first-order valence-electron chi connectivity index (χ1n) is 10.5. The molecule has 0 bridgehead atoms. The van der Waals surface area contributed by atoms with Crippen LogP contribution in [0.25, 0.3) is 11.0 Å². The molecular formula is C22H29N5O3. The fourth-order valence-corrected chi connectivity index (χ4v) is 3.84. The molecular weight excluding hydrogens is 382 g/mol. The number of hydrogen-bond acceptors (Lipinski definition) is 7. The summed E-state index contributed by atoms with van der Waals surface area (Å²) < 4.78 is 7.36. The number of aliphatic hydroxyl groups excluding tert-OH is 1. The molecule has 1 unspecified atom stereocenters. The summed E-state index contributed by atoms with van der Waals surface area (Å²) in [7, 11) is 0. The summed E-state index contributed by atoms with van der Waals surface area (Å²) in [6.45, 7) is 6.48. The van der Waals surface area contributed by atoms with E-state index in [1.807, 2.05) is 36.6 Å². The summed E-state index contributed by atoms with van der Waals surface area (Å²) >= 11 is 0. The van der Waals surface area contributed by atoms with Crippen molar-refractivity contribution in [3.8, 4) is 5.75 Å². The van der Waals surface area contributed by atoms with Crippen LogP contribution in [0.3, 0.4) is 0 Å². The van der Waals surface area contributed by atoms with E-state index in [9.17, 15) is 10.2 Å². The first-order chi connectivity index (χ1) is 14.5. The number of benzene rings is 1. The van der Waals surface area contributed by atoms with Gasteiger partial charge >= 0.3 is 0 Å². The number of aromatic hydroxyl groups is 1. The fourth-order valence-electron chi connectivity index (χ4n) is 3.84. The molecule has 0 radical (unpaired) electrons. The summed E-state index contributed by atoms with van der Waals surface area (Å²) in [6, 6.07) is 9.39. The second-order valence-corrected chi connectivity index (χ2v) is 7.66. The van der Waals surface area contributed by atoms with Gasteiger partial charge in [0.1, 0.15) is 11.4 Å². The van der Waals surface area contributed by atoms with Gasteiger partial charge in [-0.25, -0.2) is 4.98 Å². The van der Waals surface area contributed by atoms with Crippen LogP contribution in [0.1, 0.15) is 43.0 Å². The number of aliphatic hydroxyl groups is 1. The zero-order valence-corrected chi connectivity index (χ0v) is 17.4. The molecule has 0 amide bonds. The Morgan fingerprint density at radius 3 is 2.80 bits per heavy atom. The predicted molar refractivity (Wildman–Crippen MR) is 116 cm³/mol. The van der Waals surface area contributed by atoms with Crippen molar-refractivity contribution in [2.24, 2.45) is 0 Å². The summed E-state index contributed by atoms with van der Waals surface area (Å²) in [4.78, 5) is 9.32. The maximum absolute atomic E-state index is 10.3. The quantitative estimate of drug-likeness (QED) is 0.443. The van der Waals surface area contributed by atoms with Crippen molar-refractivity contribution >= 4 is 17.0 Å². The van der Waals surface area contributed by atoms with Crippen molar-refractivity contribution in [1.82, 2.24) is 19.9 Å². The molecule has 4 N–H and O–H groups in total. The second-order valence-electron chi connectivity index (χ2n) is 7.66. The highest BCUT2D eigenvalue weighted by atomic mass is 16.6. The Morgan fingerprint density at radius 2 is 2.03 bits per heavy atom. The van der Waals surface area contributed by atoms with Gasteiger partial charge < -0.3 is 30.2 Å². The molecule has 4 rings (SSSR count). The highest BCUT2D eigenvalue weighted by molar-refractivity contribution is 5.80. The van der Waals surface area contributed by atoms with E-state index in [0.717, 1.165) is 48.6 Å². The fraction of sp³-hybridized carbons (Fsp3) is 0.455. The molecule has 3 aromatic rings. The minimum Gasteiger partial charge on any atom is -0.506 e. The Kier molecular flexibility index (Phi) is 6.17. The number of aromatic nitrogens is 3. The van der Waals surface area contributed by atoms with E-state index in [-0.39, 0.29) is 5.75 Å². The van der Waals surface area contributed by atoms with Gasteiger partial charge in [0.05, 0.1) is 17.6 Å². The van der Waals surface area contributed by atoms with E-state index >= 15 is 0 Å². The third kappa shape index (κ3) is 4.40. The lowest BCUT2D eigenvalue weighted by Crippen LogP contribution is -2.36. The first kappa shape index (κ1) is 20.6. The van der Waals surface area contributed by atoms with Crippen LogP contribution < -0.4 is 10.6 Å². The van der Waals surface area contributed by atoms with Gasteiger partial charge in [0.25, 0.3) is 0 Å². The number of hydrogen-bond donors (Lipinski definition) is 4. The zero-order valence-electron chi connectivity index (χ0n) is 17.4. The van der Waals surface area contributed by atoms with Gasteiger partial charge in [0.2, 0.25) is 5.95 Å². The number of aryl methyl sites for hydroxylation is 1. The summed E-state index contributed by atoms with van der Waals surface area (Å²) in [6.07, 6.45) is 1.05. The molecule has 1 aliphatic heterocycles. The van der Waals surface area contributed by atoms with Crippen LogP contribution >= 0.6 is 0 Å². The van der Waals surface area contributed by atoms with Gasteiger partial charge in [0, 0.05) is 23.9 Å².